The Morgan fingerprint density at radius 3 is 2.45 bits per heavy atom. The Kier molecular flexibility index (Phi) is 7.70. The van der Waals surface area contributed by atoms with Crippen LogP contribution in [0.15, 0.2) is 0 Å². The summed E-state index contributed by atoms with van der Waals surface area (Å²) in [5.74, 6) is 11.8. The maximum Gasteiger partial charge on any atom is 0.115 e. The number of rotatable bonds is 7. The Morgan fingerprint density at radius 1 is 1.05 bits per heavy atom. The smallest absolute Gasteiger partial charge is 0.115 e. The summed E-state index contributed by atoms with van der Waals surface area (Å²) in [7, 11) is 0. The van der Waals surface area contributed by atoms with Gasteiger partial charge >= 0.3 is 0 Å². The van der Waals surface area contributed by atoms with E-state index in [9.17, 15) is 15.3 Å². The van der Waals surface area contributed by atoms with Crippen LogP contribution >= 0.6 is 0 Å². The first-order valence-electron chi connectivity index (χ1n) is 7.61. The van der Waals surface area contributed by atoms with Crippen molar-refractivity contribution in [1.82, 2.24) is 0 Å². The number of aliphatic hydroxyl groups is 3. The lowest BCUT2D eigenvalue weighted by Gasteiger charge is -2.15. The van der Waals surface area contributed by atoms with Gasteiger partial charge in [-0.2, -0.15) is 0 Å². The molecule has 1 fully saturated rings. The number of aliphatic hydroxyl groups excluding tert-OH is 3. The second kappa shape index (κ2) is 9.03. The molecule has 0 spiro atoms. The lowest BCUT2D eigenvalue weighted by atomic mass is 10.0. The van der Waals surface area contributed by atoms with Gasteiger partial charge in [-0.1, -0.05) is 38.5 Å². The van der Waals surface area contributed by atoms with Crippen LogP contribution in [0.4, 0.5) is 0 Å². The molecule has 1 rings (SSSR count). The first kappa shape index (κ1) is 17.1. The SMILES string of the molecule is CCCC1CC1CC(O)C(O)CC#CC#CC(O)CC. The summed E-state index contributed by atoms with van der Waals surface area (Å²) < 4.78 is 0. The van der Waals surface area contributed by atoms with E-state index in [0.29, 0.717) is 18.8 Å². The molecule has 0 aromatic carbocycles. The van der Waals surface area contributed by atoms with Gasteiger partial charge in [-0.15, -0.1) is 0 Å². The molecule has 3 nitrogen and oxygen atoms in total. The van der Waals surface area contributed by atoms with E-state index in [4.69, 9.17) is 0 Å². The molecule has 0 aromatic rings. The molecule has 0 radical (unpaired) electrons. The summed E-state index contributed by atoms with van der Waals surface area (Å²) in [6.07, 6.45) is 2.95. The minimum atomic E-state index is -0.803. The molecule has 1 aliphatic carbocycles. The van der Waals surface area contributed by atoms with Gasteiger partial charge in [0, 0.05) is 6.42 Å². The molecule has 5 atom stereocenters. The summed E-state index contributed by atoms with van der Waals surface area (Å²) in [4.78, 5) is 0. The van der Waals surface area contributed by atoms with Crippen LogP contribution in [0.2, 0.25) is 0 Å². The van der Waals surface area contributed by atoms with Gasteiger partial charge in [0.05, 0.1) is 12.2 Å². The lowest BCUT2D eigenvalue weighted by molar-refractivity contribution is 0.0137. The van der Waals surface area contributed by atoms with E-state index in [1.54, 1.807) is 0 Å². The minimum absolute atomic E-state index is 0.225. The fourth-order valence-electron chi connectivity index (χ4n) is 2.35. The topological polar surface area (TPSA) is 60.7 Å². The molecule has 0 bridgehead atoms. The second-order valence-corrected chi connectivity index (χ2v) is 5.61. The van der Waals surface area contributed by atoms with Gasteiger partial charge in [-0.25, -0.2) is 0 Å². The van der Waals surface area contributed by atoms with Crippen molar-refractivity contribution >= 4 is 0 Å². The van der Waals surface area contributed by atoms with E-state index < -0.39 is 18.3 Å². The molecule has 3 N–H and O–H groups in total. The Hall–Kier alpha value is -1.00. The molecule has 3 heteroatoms. The average Bonchev–Trinajstić information content (AvgIpc) is 3.16. The van der Waals surface area contributed by atoms with Crippen molar-refractivity contribution in [3.63, 3.8) is 0 Å². The van der Waals surface area contributed by atoms with Crippen LogP contribution in [0.3, 0.4) is 0 Å². The molecule has 0 saturated heterocycles. The van der Waals surface area contributed by atoms with Crippen LogP contribution in [-0.2, 0) is 0 Å². The largest absolute Gasteiger partial charge is 0.390 e. The third-order valence-corrected chi connectivity index (χ3v) is 3.80. The van der Waals surface area contributed by atoms with Crippen molar-refractivity contribution in [2.24, 2.45) is 11.8 Å². The molecule has 112 valence electrons. The van der Waals surface area contributed by atoms with Gasteiger partial charge in [0.1, 0.15) is 6.10 Å². The van der Waals surface area contributed by atoms with Gasteiger partial charge in [0.15, 0.2) is 0 Å². The van der Waals surface area contributed by atoms with Gasteiger partial charge in [0.25, 0.3) is 0 Å². The molecule has 0 amide bonds. The van der Waals surface area contributed by atoms with E-state index in [1.807, 2.05) is 6.92 Å². The zero-order chi connectivity index (χ0) is 15.0. The first-order chi connectivity index (χ1) is 9.58. The molecule has 0 aromatic heterocycles. The fourth-order valence-corrected chi connectivity index (χ4v) is 2.35. The van der Waals surface area contributed by atoms with Crippen LogP contribution in [0.5, 0.6) is 0 Å². The highest BCUT2D eigenvalue weighted by Crippen LogP contribution is 2.45. The second-order valence-electron chi connectivity index (χ2n) is 5.61. The Balaban J connectivity index is 2.23. The van der Waals surface area contributed by atoms with E-state index >= 15 is 0 Å². The predicted octanol–water partition coefficient (Wildman–Crippen LogP) is 1.70. The zero-order valence-electron chi connectivity index (χ0n) is 12.5. The summed E-state index contributed by atoms with van der Waals surface area (Å²) in [6.45, 7) is 4.02. The highest BCUT2D eigenvalue weighted by atomic mass is 16.3. The minimum Gasteiger partial charge on any atom is -0.390 e. The average molecular weight is 278 g/mol. The van der Waals surface area contributed by atoms with Crippen LogP contribution in [0, 0.1) is 35.5 Å². The number of hydrogen-bond acceptors (Lipinski definition) is 3. The van der Waals surface area contributed by atoms with Crippen molar-refractivity contribution in [1.29, 1.82) is 0 Å². The molecular weight excluding hydrogens is 252 g/mol. The molecule has 20 heavy (non-hydrogen) atoms. The summed E-state index contributed by atoms with van der Waals surface area (Å²) in [5, 5.41) is 28.9. The fraction of sp³-hybridized carbons (Fsp3) is 0.765. The van der Waals surface area contributed by atoms with E-state index in [0.717, 1.165) is 5.92 Å². The molecule has 1 aliphatic rings. The van der Waals surface area contributed by atoms with E-state index in [2.05, 4.69) is 30.6 Å². The van der Waals surface area contributed by atoms with Gasteiger partial charge in [0.2, 0.25) is 0 Å². The maximum absolute atomic E-state index is 9.90. The summed E-state index contributed by atoms with van der Waals surface area (Å²) in [5.41, 5.74) is 0. The Labute approximate surface area is 122 Å². The predicted molar refractivity (Wildman–Crippen MR) is 79.6 cm³/mol. The lowest BCUT2D eigenvalue weighted by Crippen LogP contribution is -2.26. The molecule has 0 aliphatic heterocycles. The quantitative estimate of drug-likeness (QED) is 0.621. The van der Waals surface area contributed by atoms with Crippen LogP contribution in [-0.4, -0.2) is 33.6 Å². The summed E-state index contributed by atoms with van der Waals surface area (Å²) in [6, 6.07) is 0. The van der Waals surface area contributed by atoms with Gasteiger partial charge in [-0.05, 0) is 42.9 Å². The molecule has 5 unspecified atom stereocenters. The molecular formula is C17H26O3. The van der Waals surface area contributed by atoms with E-state index in [-0.39, 0.29) is 6.42 Å². The highest BCUT2D eigenvalue weighted by molar-refractivity contribution is 5.27. The van der Waals surface area contributed by atoms with E-state index in [1.165, 1.54) is 19.3 Å². The normalized spacial score (nSPS) is 24.6. The monoisotopic (exact) mass is 278 g/mol. The zero-order valence-corrected chi connectivity index (χ0v) is 12.5. The van der Waals surface area contributed by atoms with Crippen molar-refractivity contribution < 1.29 is 15.3 Å². The van der Waals surface area contributed by atoms with Crippen LogP contribution in [0.1, 0.15) is 52.4 Å². The summed E-state index contributed by atoms with van der Waals surface area (Å²) >= 11 is 0. The standard InChI is InChI=1S/C17H26O3/c1-3-8-13-11-14(13)12-17(20)16(19)10-7-5-6-9-15(18)4-2/h13-20H,3-4,8,10-12H2,1-2H3. The third kappa shape index (κ3) is 6.44. The molecule has 0 heterocycles. The van der Waals surface area contributed by atoms with Crippen molar-refractivity contribution in [2.45, 2.75) is 70.7 Å². The van der Waals surface area contributed by atoms with Gasteiger partial charge in [-0.3, -0.25) is 0 Å². The molecule has 1 saturated carbocycles. The maximum atomic E-state index is 9.90. The van der Waals surface area contributed by atoms with Crippen molar-refractivity contribution in [3.8, 4) is 23.7 Å². The Bertz CT molecular complexity index is 396. The first-order valence-corrected chi connectivity index (χ1v) is 7.61. The Morgan fingerprint density at radius 2 is 1.80 bits per heavy atom. The third-order valence-electron chi connectivity index (χ3n) is 3.80. The van der Waals surface area contributed by atoms with Crippen LogP contribution < -0.4 is 0 Å². The van der Waals surface area contributed by atoms with Crippen LogP contribution in [0.25, 0.3) is 0 Å². The highest BCUT2D eigenvalue weighted by Gasteiger charge is 2.38. The van der Waals surface area contributed by atoms with Crippen molar-refractivity contribution in [3.05, 3.63) is 0 Å². The van der Waals surface area contributed by atoms with Crippen molar-refractivity contribution in [2.75, 3.05) is 0 Å². The van der Waals surface area contributed by atoms with Gasteiger partial charge < -0.3 is 15.3 Å². The number of hydrogen-bond donors (Lipinski definition) is 3.